The van der Waals surface area contributed by atoms with Crippen molar-refractivity contribution >= 4 is 0 Å². The van der Waals surface area contributed by atoms with E-state index in [0.29, 0.717) is 6.54 Å². The number of hydrogen-bond donors (Lipinski definition) is 1. The highest BCUT2D eigenvalue weighted by Crippen LogP contribution is 2.01. The first-order valence-electron chi connectivity index (χ1n) is 3.30. The fourth-order valence-electron chi connectivity index (χ4n) is 0.652. The van der Waals surface area contributed by atoms with Gasteiger partial charge in [-0.3, -0.25) is 0 Å². The second-order valence-electron chi connectivity index (χ2n) is 1.98. The summed E-state index contributed by atoms with van der Waals surface area (Å²) in [5.74, 6) is 0. The Morgan fingerprint density at radius 1 is 1.67 bits per heavy atom. The van der Waals surface area contributed by atoms with E-state index in [0.717, 1.165) is 12.8 Å². The Kier molecular flexibility index (Phi) is 5.23. The molecule has 0 spiro atoms. The van der Waals surface area contributed by atoms with Gasteiger partial charge in [0.25, 0.3) is 0 Å². The van der Waals surface area contributed by atoms with Crippen molar-refractivity contribution in [3.05, 3.63) is 24.3 Å². The molecule has 0 aliphatic rings. The van der Waals surface area contributed by atoms with Gasteiger partial charge >= 0.3 is 0 Å². The van der Waals surface area contributed by atoms with Gasteiger partial charge in [0.15, 0.2) is 0 Å². The zero-order chi connectivity index (χ0) is 7.11. The molecular weight excluding hydrogens is 110 g/mol. The SMILES string of the molecule is C=CCC/C(=C\C)CN. The highest BCUT2D eigenvalue weighted by molar-refractivity contribution is 5.02. The van der Waals surface area contributed by atoms with Gasteiger partial charge < -0.3 is 5.73 Å². The van der Waals surface area contributed by atoms with Crippen molar-refractivity contribution in [1.82, 2.24) is 0 Å². The average molecular weight is 125 g/mol. The summed E-state index contributed by atoms with van der Waals surface area (Å²) in [6.45, 7) is 6.34. The standard InChI is InChI=1S/C8H15N/c1-3-5-6-8(4-2)7-9/h3-4H,1,5-7,9H2,2H3/b8-4+. The topological polar surface area (TPSA) is 26.0 Å². The lowest BCUT2D eigenvalue weighted by atomic mass is 10.1. The van der Waals surface area contributed by atoms with Crippen LogP contribution in [-0.4, -0.2) is 6.54 Å². The Balaban J connectivity index is 3.44. The van der Waals surface area contributed by atoms with Gasteiger partial charge in [0.05, 0.1) is 0 Å². The maximum absolute atomic E-state index is 5.42. The molecule has 0 rings (SSSR count). The first kappa shape index (κ1) is 8.44. The van der Waals surface area contributed by atoms with Crippen molar-refractivity contribution in [3.63, 3.8) is 0 Å². The molecule has 0 aliphatic carbocycles. The molecule has 9 heavy (non-hydrogen) atoms. The van der Waals surface area contributed by atoms with Gasteiger partial charge in [-0.2, -0.15) is 0 Å². The minimum absolute atomic E-state index is 0.685. The molecule has 0 heterocycles. The highest BCUT2D eigenvalue weighted by atomic mass is 14.5. The smallest absolute Gasteiger partial charge is 0.0136 e. The molecule has 0 amide bonds. The summed E-state index contributed by atoms with van der Waals surface area (Å²) in [7, 11) is 0. The van der Waals surface area contributed by atoms with Crippen molar-refractivity contribution in [3.8, 4) is 0 Å². The predicted octanol–water partition coefficient (Wildman–Crippen LogP) is 1.86. The van der Waals surface area contributed by atoms with Gasteiger partial charge in [0.2, 0.25) is 0 Å². The molecule has 0 aliphatic heterocycles. The quantitative estimate of drug-likeness (QED) is 0.570. The molecule has 0 bridgehead atoms. The minimum atomic E-state index is 0.685. The van der Waals surface area contributed by atoms with Crippen molar-refractivity contribution < 1.29 is 0 Å². The van der Waals surface area contributed by atoms with Gasteiger partial charge in [-0.05, 0) is 19.8 Å². The highest BCUT2D eigenvalue weighted by Gasteiger charge is 1.88. The summed E-state index contributed by atoms with van der Waals surface area (Å²) >= 11 is 0. The Labute approximate surface area is 57.3 Å². The minimum Gasteiger partial charge on any atom is -0.327 e. The van der Waals surface area contributed by atoms with E-state index in [1.807, 2.05) is 13.0 Å². The van der Waals surface area contributed by atoms with Gasteiger partial charge in [0, 0.05) is 6.54 Å². The van der Waals surface area contributed by atoms with E-state index in [4.69, 9.17) is 5.73 Å². The maximum Gasteiger partial charge on any atom is 0.0136 e. The molecule has 0 unspecified atom stereocenters. The molecule has 0 radical (unpaired) electrons. The Bertz CT molecular complexity index is 103. The summed E-state index contributed by atoms with van der Waals surface area (Å²) in [6.07, 6.45) is 6.09. The van der Waals surface area contributed by atoms with E-state index in [9.17, 15) is 0 Å². The van der Waals surface area contributed by atoms with E-state index in [-0.39, 0.29) is 0 Å². The van der Waals surface area contributed by atoms with E-state index in [1.165, 1.54) is 5.57 Å². The van der Waals surface area contributed by atoms with Crippen LogP contribution in [0.5, 0.6) is 0 Å². The molecule has 2 N–H and O–H groups in total. The summed E-state index contributed by atoms with van der Waals surface area (Å²) < 4.78 is 0. The number of nitrogens with two attached hydrogens (primary N) is 1. The Morgan fingerprint density at radius 3 is 2.67 bits per heavy atom. The molecule has 0 fully saturated rings. The van der Waals surface area contributed by atoms with E-state index in [1.54, 1.807) is 0 Å². The summed E-state index contributed by atoms with van der Waals surface area (Å²) in [4.78, 5) is 0. The van der Waals surface area contributed by atoms with Crippen LogP contribution < -0.4 is 5.73 Å². The van der Waals surface area contributed by atoms with Crippen LogP contribution in [0.25, 0.3) is 0 Å². The molecule has 0 aromatic carbocycles. The van der Waals surface area contributed by atoms with Gasteiger partial charge in [-0.15, -0.1) is 6.58 Å². The molecule has 0 aromatic heterocycles. The second kappa shape index (κ2) is 5.57. The summed E-state index contributed by atoms with van der Waals surface area (Å²) in [6, 6.07) is 0. The number of hydrogen-bond acceptors (Lipinski definition) is 1. The molecule has 0 aromatic rings. The van der Waals surface area contributed by atoms with Crippen LogP contribution in [0.4, 0.5) is 0 Å². The maximum atomic E-state index is 5.42. The summed E-state index contributed by atoms with van der Waals surface area (Å²) in [5.41, 5.74) is 6.74. The third kappa shape index (κ3) is 3.98. The lowest BCUT2D eigenvalue weighted by Crippen LogP contribution is -2.02. The van der Waals surface area contributed by atoms with Crippen molar-refractivity contribution in [2.75, 3.05) is 6.54 Å². The fourth-order valence-corrected chi connectivity index (χ4v) is 0.652. The zero-order valence-electron chi connectivity index (χ0n) is 6.06. The zero-order valence-corrected chi connectivity index (χ0v) is 6.06. The van der Waals surface area contributed by atoms with Crippen LogP contribution in [0.3, 0.4) is 0 Å². The molecule has 0 saturated heterocycles. The van der Waals surface area contributed by atoms with Crippen LogP contribution in [-0.2, 0) is 0 Å². The second-order valence-corrected chi connectivity index (χ2v) is 1.98. The molecule has 52 valence electrons. The normalized spacial score (nSPS) is 11.6. The lowest BCUT2D eigenvalue weighted by molar-refractivity contribution is 0.927. The van der Waals surface area contributed by atoms with E-state index >= 15 is 0 Å². The van der Waals surface area contributed by atoms with Gasteiger partial charge in [-0.1, -0.05) is 17.7 Å². The van der Waals surface area contributed by atoms with Crippen LogP contribution in [0.1, 0.15) is 19.8 Å². The molecule has 1 nitrogen and oxygen atoms in total. The third-order valence-electron chi connectivity index (χ3n) is 1.34. The van der Waals surface area contributed by atoms with Gasteiger partial charge in [0.1, 0.15) is 0 Å². The first-order valence-corrected chi connectivity index (χ1v) is 3.30. The van der Waals surface area contributed by atoms with Crippen LogP contribution >= 0.6 is 0 Å². The van der Waals surface area contributed by atoms with Crippen molar-refractivity contribution in [2.45, 2.75) is 19.8 Å². The third-order valence-corrected chi connectivity index (χ3v) is 1.34. The number of rotatable bonds is 4. The Hall–Kier alpha value is -0.560. The monoisotopic (exact) mass is 125 g/mol. The average Bonchev–Trinajstić information content (AvgIpc) is 1.91. The Morgan fingerprint density at radius 2 is 2.33 bits per heavy atom. The van der Waals surface area contributed by atoms with Crippen molar-refractivity contribution in [1.29, 1.82) is 0 Å². The first-order chi connectivity index (χ1) is 4.35. The fraction of sp³-hybridized carbons (Fsp3) is 0.500. The van der Waals surface area contributed by atoms with Crippen LogP contribution in [0.15, 0.2) is 24.3 Å². The van der Waals surface area contributed by atoms with Crippen molar-refractivity contribution in [2.24, 2.45) is 5.73 Å². The molecular formula is C8H15N. The summed E-state index contributed by atoms with van der Waals surface area (Å²) in [5, 5.41) is 0. The molecule has 1 heteroatoms. The van der Waals surface area contributed by atoms with Gasteiger partial charge in [-0.25, -0.2) is 0 Å². The van der Waals surface area contributed by atoms with Crippen LogP contribution in [0.2, 0.25) is 0 Å². The number of allylic oxidation sites excluding steroid dienone is 2. The van der Waals surface area contributed by atoms with E-state index in [2.05, 4.69) is 12.7 Å². The largest absolute Gasteiger partial charge is 0.327 e. The predicted molar refractivity (Wildman–Crippen MR) is 42.2 cm³/mol. The molecule has 0 saturated carbocycles. The molecule has 0 atom stereocenters. The van der Waals surface area contributed by atoms with Crippen LogP contribution in [0, 0.1) is 0 Å². The lowest BCUT2D eigenvalue weighted by Gasteiger charge is -1.98. The van der Waals surface area contributed by atoms with E-state index < -0.39 is 0 Å².